The van der Waals surface area contributed by atoms with Gasteiger partial charge in [0.2, 0.25) is 0 Å². The number of hydrogen-bond acceptors (Lipinski definition) is 15. The number of nitrogens with one attached hydrogen (secondary N) is 1. The minimum absolute atomic E-state index is 0.140. The Bertz CT molecular complexity index is 940. The topological polar surface area (TPSA) is 336 Å². The van der Waals surface area contributed by atoms with Gasteiger partial charge in [-0.2, -0.15) is 0 Å². The number of likely N-dealkylation sites (N-methyl/N-ethyl adjacent to an activating group) is 1. The monoisotopic (exact) mass is 581 g/mol. The number of ether oxygens (including phenoxy) is 4. The summed E-state index contributed by atoms with van der Waals surface area (Å²) in [6.45, 7) is 0.620. The molecule has 19 nitrogen and oxygen atoms in total. The molecule has 9 unspecified atom stereocenters. The molecule has 0 amide bonds. The van der Waals surface area contributed by atoms with Crippen LogP contribution in [0.15, 0.2) is 9.98 Å². The van der Waals surface area contributed by atoms with E-state index >= 15 is 0 Å². The zero-order chi connectivity index (χ0) is 30.1. The Morgan fingerprint density at radius 2 is 1.50 bits per heavy atom. The van der Waals surface area contributed by atoms with Crippen LogP contribution in [0.4, 0.5) is 0 Å². The van der Waals surface area contributed by atoms with Crippen LogP contribution in [0.2, 0.25) is 0 Å². The van der Waals surface area contributed by atoms with E-state index in [0.717, 1.165) is 0 Å². The highest BCUT2D eigenvalue weighted by molar-refractivity contribution is 5.76. The van der Waals surface area contributed by atoms with Gasteiger partial charge in [-0.25, -0.2) is 9.98 Å². The van der Waals surface area contributed by atoms with Crippen molar-refractivity contribution in [1.82, 2.24) is 5.32 Å². The average Bonchev–Trinajstić information content (AvgIpc) is 3.13. The van der Waals surface area contributed by atoms with Gasteiger partial charge in [-0.3, -0.25) is 4.79 Å². The molecule has 0 bridgehead atoms. The fraction of sp³-hybridized carbons (Fsp3) is 0.857. The molecular formula is C21H39N7O12. The predicted molar refractivity (Wildman–Crippen MR) is 133 cm³/mol. The standard InChI is InChI=1S/C21H39N7O12/c1-5-21(36,4-30)16(40-17-9(26-2)13(34)10(31)6(3-29)38-17)18(37-5)39-15-8(28-20(24)25)11(32)7(27-19(22)23)12(33)14(15)35/h4-18,26,29,31-36H,3H2,1-2H3,(H4,22,23,27)(H4,24,25,28)/t5-,6?,7+,8?,9?,10-,11?,12?,13?,14?,15+,16?,17-,18+,21?/m0/s1. The van der Waals surface area contributed by atoms with Crippen LogP contribution in [0.25, 0.3) is 0 Å². The number of aliphatic hydroxyl groups excluding tert-OH is 6. The van der Waals surface area contributed by atoms with E-state index in [2.05, 4.69) is 15.3 Å². The van der Waals surface area contributed by atoms with E-state index in [1.807, 2.05) is 0 Å². The minimum Gasteiger partial charge on any atom is -0.394 e. The lowest BCUT2D eigenvalue weighted by molar-refractivity contribution is -0.314. The second-order valence-corrected chi connectivity index (χ2v) is 9.89. The van der Waals surface area contributed by atoms with Gasteiger partial charge in [0.1, 0.15) is 60.9 Å². The number of guanidine groups is 2. The van der Waals surface area contributed by atoms with Crippen molar-refractivity contribution in [3.05, 3.63) is 0 Å². The van der Waals surface area contributed by atoms with Crippen LogP contribution in [0.3, 0.4) is 0 Å². The van der Waals surface area contributed by atoms with Crippen molar-refractivity contribution in [1.29, 1.82) is 0 Å². The second-order valence-electron chi connectivity index (χ2n) is 9.89. The fourth-order valence-electron chi connectivity index (χ4n) is 5.08. The fourth-order valence-corrected chi connectivity index (χ4v) is 5.08. The van der Waals surface area contributed by atoms with Gasteiger partial charge in [-0.15, -0.1) is 0 Å². The van der Waals surface area contributed by atoms with Gasteiger partial charge in [-0.05, 0) is 14.0 Å². The number of hydrogen-bond donors (Lipinski definition) is 12. The third kappa shape index (κ3) is 6.00. The molecule has 2 saturated heterocycles. The van der Waals surface area contributed by atoms with E-state index in [9.17, 15) is 40.5 Å². The smallest absolute Gasteiger partial charge is 0.188 e. The molecule has 2 heterocycles. The van der Waals surface area contributed by atoms with Crippen molar-refractivity contribution in [3.8, 4) is 0 Å². The molecule has 2 aliphatic heterocycles. The van der Waals surface area contributed by atoms with Gasteiger partial charge >= 0.3 is 0 Å². The Labute approximate surface area is 228 Å². The molecule has 1 aliphatic carbocycles. The molecule has 0 spiro atoms. The number of nitrogens with two attached hydrogens (primary N) is 4. The number of aliphatic hydroxyl groups is 7. The van der Waals surface area contributed by atoms with Crippen LogP contribution in [0, 0.1) is 0 Å². The first-order valence-electron chi connectivity index (χ1n) is 12.4. The van der Waals surface area contributed by atoms with Crippen LogP contribution in [-0.4, -0.2) is 159 Å². The molecule has 0 aromatic carbocycles. The van der Waals surface area contributed by atoms with Gasteiger partial charge in [0, 0.05) is 0 Å². The van der Waals surface area contributed by atoms with Crippen molar-refractivity contribution in [2.75, 3.05) is 13.7 Å². The molecule has 230 valence electrons. The largest absolute Gasteiger partial charge is 0.394 e. The van der Waals surface area contributed by atoms with Gasteiger partial charge in [0.15, 0.2) is 36.4 Å². The third-order valence-corrected chi connectivity index (χ3v) is 7.34. The first-order chi connectivity index (χ1) is 18.7. The SMILES string of the molecule is CNC1C(O)[C@@H](O)C(CO)O[C@H]1OC1[C@@H](O[C@H]2C(O)C(O)[C@H](N=C(N)N)C(O)C2N=C(N)N)O[C@@H](C)C1(O)C=O. The average molecular weight is 582 g/mol. The van der Waals surface area contributed by atoms with Gasteiger partial charge < -0.3 is 82.9 Å². The molecule has 3 rings (SSSR count). The summed E-state index contributed by atoms with van der Waals surface area (Å²) in [5.41, 5.74) is 19.4. The predicted octanol–water partition coefficient (Wildman–Crippen LogP) is -8.16. The first-order valence-corrected chi connectivity index (χ1v) is 12.4. The molecule has 40 heavy (non-hydrogen) atoms. The second kappa shape index (κ2) is 12.7. The van der Waals surface area contributed by atoms with Gasteiger partial charge in [0.25, 0.3) is 0 Å². The molecule has 19 heteroatoms. The Morgan fingerprint density at radius 1 is 0.900 bits per heavy atom. The maximum Gasteiger partial charge on any atom is 0.188 e. The van der Waals surface area contributed by atoms with E-state index < -0.39 is 110 Å². The van der Waals surface area contributed by atoms with E-state index in [1.54, 1.807) is 0 Å². The van der Waals surface area contributed by atoms with E-state index in [1.165, 1.54) is 14.0 Å². The lowest BCUT2D eigenvalue weighted by Gasteiger charge is -2.45. The Morgan fingerprint density at radius 3 is 2.02 bits per heavy atom. The molecule has 1 saturated carbocycles. The first kappa shape index (κ1) is 32.2. The van der Waals surface area contributed by atoms with Gasteiger partial charge in [-0.1, -0.05) is 0 Å². The van der Waals surface area contributed by atoms with Crippen molar-refractivity contribution < 1.29 is 59.5 Å². The van der Waals surface area contributed by atoms with Crippen LogP contribution >= 0.6 is 0 Å². The Hall–Kier alpha value is -2.27. The highest BCUT2D eigenvalue weighted by Crippen LogP contribution is 2.38. The van der Waals surface area contributed by atoms with Crippen LogP contribution in [0.1, 0.15) is 6.92 Å². The zero-order valence-corrected chi connectivity index (χ0v) is 21.7. The van der Waals surface area contributed by atoms with E-state index in [-0.39, 0.29) is 6.29 Å². The summed E-state index contributed by atoms with van der Waals surface area (Å²) in [7, 11) is 1.42. The van der Waals surface area contributed by atoms with Crippen molar-refractivity contribution >= 4 is 18.2 Å². The Kier molecular flexibility index (Phi) is 10.2. The minimum atomic E-state index is -2.38. The third-order valence-electron chi connectivity index (χ3n) is 7.34. The van der Waals surface area contributed by atoms with E-state index in [0.29, 0.717) is 0 Å². The maximum atomic E-state index is 12.1. The summed E-state index contributed by atoms with van der Waals surface area (Å²) < 4.78 is 22.9. The molecular weight excluding hydrogens is 542 g/mol. The van der Waals surface area contributed by atoms with Crippen LogP contribution in [-0.2, 0) is 23.7 Å². The maximum absolute atomic E-state index is 12.1. The van der Waals surface area contributed by atoms with Crippen molar-refractivity contribution in [3.63, 3.8) is 0 Å². The number of aliphatic imine (C=N–C) groups is 2. The normalized spacial score (nSPS) is 47.4. The van der Waals surface area contributed by atoms with Crippen molar-refractivity contribution in [2.45, 2.75) is 98.2 Å². The number of nitrogens with zero attached hydrogens (tertiary/aromatic N) is 2. The molecule has 15 atom stereocenters. The summed E-state index contributed by atoms with van der Waals surface area (Å²) in [4.78, 5) is 19.7. The molecule has 0 aromatic heterocycles. The number of rotatable bonds is 9. The summed E-state index contributed by atoms with van der Waals surface area (Å²) in [6, 6.07) is -4.08. The van der Waals surface area contributed by atoms with E-state index in [4.69, 9.17) is 41.9 Å². The van der Waals surface area contributed by atoms with Crippen molar-refractivity contribution in [2.24, 2.45) is 32.9 Å². The molecule has 0 radical (unpaired) electrons. The summed E-state index contributed by atoms with van der Waals surface area (Å²) in [6.07, 6.45) is -17.3. The zero-order valence-electron chi connectivity index (χ0n) is 21.7. The highest BCUT2D eigenvalue weighted by Gasteiger charge is 2.60. The van der Waals surface area contributed by atoms with Crippen LogP contribution in [0.5, 0.6) is 0 Å². The summed E-state index contributed by atoms with van der Waals surface area (Å²) in [5.74, 6) is -1.03. The van der Waals surface area contributed by atoms with Gasteiger partial charge in [0.05, 0.1) is 18.8 Å². The molecule has 3 fully saturated rings. The number of carbonyl (C=O) groups is 1. The molecule has 3 aliphatic rings. The number of carbonyl (C=O) groups excluding carboxylic acids is 1. The van der Waals surface area contributed by atoms with Crippen LogP contribution < -0.4 is 28.3 Å². The lowest BCUT2D eigenvalue weighted by Crippen LogP contribution is -2.66. The highest BCUT2D eigenvalue weighted by atomic mass is 16.8. The Balaban J connectivity index is 1.96. The summed E-state index contributed by atoms with van der Waals surface area (Å²) in [5, 5.41) is 76.6. The molecule has 16 N–H and O–H groups in total. The number of aldehydes is 1. The lowest BCUT2D eigenvalue weighted by atomic mass is 9.81. The summed E-state index contributed by atoms with van der Waals surface area (Å²) >= 11 is 0. The molecule has 0 aromatic rings. The quantitative estimate of drug-likeness (QED) is 0.0682.